The van der Waals surface area contributed by atoms with Crippen molar-refractivity contribution in [2.45, 2.75) is 25.4 Å². The Morgan fingerprint density at radius 1 is 1.19 bits per heavy atom. The van der Waals surface area contributed by atoms with Crippen LogP contribution < -0.4 is 14.2 Å². The van der Waals surface area contributed by atoms with E-state index in [9.17, 15) is 15.0 Å². The fourth-order valence-corrected chi connectivity index (χ4v) is 3.45. The van der Waals surface area contributed by atoms with Crippen LogP contribution in [0.4, 0.5) is 0 Å². The van der Waals surface area contributed by atoms with Gasteiger partial charge < -0.3 is 24.4 Å². The normalized spacial score (nSPS) is 19.5. The summed E-state index contributed by atoms with van der Waals surface area (Å²) >= 11 is 0. The highest BCUT2D eigenvalue weighted by molar-refractivity contribution is 6.06. The lowest BCUT2D eigenvalue weighted by molar-refractivity contribution is 0.0891. The Hall–Kier alpha value is -3.15. The largest absolute Gasteiger partial charge is 0.508 e. The van der Waals surface area contributed by atoms with E-state index in [0.29, 0.717) is 22.6 Å². The molecule has 2 aromatic carbocycles. The summed E-state index contributed by atoms with van der Waals surface area (Å²) in [6.45, 7) is 3.90. The molecule has 1 unspecified atom stereocenters. The lowest BCUT2D eigenvalue weighted by Gasteiger charge is -2.30. The minimum absolute atomic E-state index is 0.0174. The van der Waals surface area contributed by atoms with Gasteiger partial charge in [0.05, 0.1) is 13.0 Å². The number of fused-ring (bicyclic) bond motifs is 2. The summed E-state index contributed by atoms with van der Waals surface area (Å²) in [4.78, 5) is 13.1. The van der Waals surface area contributed by atoms with E-state index in [2.05, 4.69) is 0 Å². The molecular formula is C21H20O6. The number of Topliss-reactive ketones (excluding diaryl/α,β-unsaturated/α-hetero) is 1. The number of ketones is 1. The van der Waals surface area contributed by atoms with Crippen LogP contribution in [0.3, 0.4) is 0 Å². The maximum atomic E-state index is 13.1. The lowest BCUT2D eigenvalue weighted by Crippen LogP contribution is -2.28. The molecule has 2 N–H and O–H groups in total. The molecule has 2 heterocycles. The highest BCUT2D eigenvalue weighted by atomic mass is 16.5. The third-order valence-electron chi connectivity index (χ3n) is 4.79. The van der Waals surface area contributed by atoms with Crippen LogP contribution in [-0.4, -0.2) is 35.3 Å². The van der Waals surface area contributed by atoms with Crippen LogP contribution in [0.25, 0.3) is 6.08 Å². The number of phenols is 2. The van der Waals surface area contributed by atoms with Crippen LogP contribution in [0, 0.1) is 0 Å². The highest BCUT2D eigenvalue weighted by Gasteiger charge is 2.35. The van der Waals surface area contributed by atoms with E-state index in [1.807, 2.05) is 32.1 Å². The second kappa shape index (κ2) is 5.94. The molecule has 140 valence electrons. The molecule has 2 aromatic rings. The van der Waals surface area contributed by atoms with Crippen molar-refractivity contribution in [3.63, 3.8) is 0 Å². The number of hydrogen-bond donors (Lipinski definition) is 2. The van der Waals surface area contributed by atoms with E-state index in [4.69, 9.17) is 14.2 Å². The number of benzene rings is 2. The van der Waals surface area contributed by atoms with Crippen LogP contribution in [0.2, 0.25) is 0 Å². The Kier molecular flexibility index (Phi) is 3.80. The quantitative estimate of drug-likeness (QED) is 0.842. The number of rotatable bonds is 2. The van der Waals surface area contributed by atoms with Crippen molar-refractivity contribution >= 4 is 11.9 Å². The van der Waals surface area contributed by atoms with E-state index in [0.717, 1.165) is 0 Å². The second-order valence-electron chi connectivity index (χ2n) is 7.25. The number of phenolic OH excluding ortho intramolecular Hbond substituents is 2. The number of methoxy groups -OCH3 is 1. The highest BCUT2D eigenvalue weighted by Crippen LogP contribution is 2.44. The summed E-state index contributed by atoms with van der Waals surface area (Å²) in [5.41, 5.74) is 1.12. The van der Waals surface area contributed by atoms with Gasteiger partial charge in [0, 0.05) is 17.7 Å². The van der Waals surface area contributed by atoms with E-state index in [1.54, 1.807) is 0 Å². The molecule has 0 fully saturated rings. The minimum Gasteiger partial charge on any atom is -0.508 e. The average molecular weight is 368 g/mol. The maximum absolute atomic E-state index is 13.1. The first-order valence-electron chi connectivity index (χ1n) is 8.62. The molecule has 4 rings (SSSR count). The smallest absolute Gasteiger partial charge is 0.181 e. The second-order valence-corrected chi connectivity index (χ2v) is 7.25. The zero-order chi connectivity index (χ0) is 19.3. The van der Waals surface area contributed by atoms with Gasteiger partial charge >= 0.3 is 0 Å². The first kappa shape index (κ1) is 17.3. The van der Waals surface area contributed by atoms with Gasteiger partial charge in [0.1, 0.15) is 35.0 Å². The number of carbonyl (C=O) groups is 1. The predicted octanol–water partition coefficient (Wildman–Crippen LogP) is 3.65. The topological polar surface area (TPSA) is 85.2 Å². The average Bonchev–Trinajstić information content (AvgIpc) is 2.61. The van der Waals surface area contributed by atoms with Crippen LogP contribution >= 0.6 is 0 Å². The Bertz CT molecular complexity index is 956. The molecule has 0 amide bonds. The predicted molar refractivity (Wildman–Crippen MR) is 99.1 cm³/mol. The lowest BCUT2D eigenvalue weighted by atomic mass is 9.86. The van der Waals surface area contributed by atoms with Crippen LogP contribution in [0.5, 0.6) is 28.7 Å². The zero-order valence-electron chi connectivity index (χ0n) is 15.3. The first-order valence-corrected chi connectivity index (χ1v) is 8.62. The molecule has 0 radical (unpaired) electrons. The van der Waals surface area contributed by atoms with E-state index < -0.39 is 11.5 Å². The minimum atomic E-state index is -0.601. The van der Waals surface area contributed by atoms with Gasteiger partial charge in [-0.3, -0.25) is 4.79 Å². The summed E-state index contributed by atoms with van der Waals surface area (Å²) in [7, 11) is 1.43. The van der Waals surface area contributed by atoms with Crippen molar-refractivity contribution in [3.8, 4) is 28.7 Å². The van der Waals surface area contributed by atoms with Crippen LogP contribution in [0.1, 0.15) is 41.3 Å². The van der Waals surface area contributed by atoms with Gasteiger partial charge in [0.25, 0.3) is 0 Å². The van der Waals surface area contributed by atoms with Crippen molar-refractivity contribution in [2.24, 2.45) is 0 Å². The summed E-state index contributed by atoms with van der Waals surface area (Å²) in [5.74, 6) is 0.110. The Morgan fingerprint density at radius 2 is 1.96 bits per heavy atom. The summed E-state index contributed by atoms with van der Waals surface area (Å²) in [6, 6.07) is 6.14. The van der Waals surface area contributed by atoms with E-state index in [1.165, 1.54) is 25.3 Å². The molecule has 27 heavy (non-hydrogen) atoms. The zero-order valence-corrected chi connectivity index (χ0v) is 15.3. The number of carbonyl (C=O) groups excluding carboxylic acids is 1. The molecule has 0 bridgehead atoms. The van der Waals surface area contributed by atoms with Crippen LogP contribution in [0.15, 0.2) is 30.3 Å². The molecule has 2 aliphatic heterocycles. The Balaban J connectivity index is 1.76. The molecule has 0 aliphatic carbocycles. The molecule has 6 nitrogen and oxygen atoms in total. The monoisotopic (exact) mass is 368 g/mol. The van der Waals surface area contributed by atoms with Gasteiger partial charge in [-0.05, 0) is 37.6 Å². The van der Waals surface area contributed by atoms with Gasteiger partial charge in [-0.25, -0.2) is 0 Å². The maximum Gasteiger partial charge on any atom is 0.181 e. The summed E-state index contributed by atoms with van der Waals surface area (Å²) < 4.78 is 16.8. The van der Waals surface area contributed by atoms with Crippen molar-refractivity contribution in [2.75, 3.05) is 13.7 Å². The summed E-state index contributed by atoms with van der Waals surface area (Å²) in [5, 5.41) is 20.2. The molecule has 0 spiro atoms. The van der Waals surface area contributed by atoms with E-state index in [-0.39, 0.29) is 35.2 Å². The Labute approximate surface area is 156 Å². The van der Waals surface area contributed by atoms with Gasteiger partial charge in [0.2, 0.25) is 0 Å². The molecule has 1 atom stereocenters. The van der Waals surface area contributed by atoms with E-state index >= 15 is 0 Å². The summed E-state index contributed by atoms with van der Waals surface area (Å²) in [6.07, 6.45) is 3.78. The van der Waals surface area contributed by atoms with Crippen LogP contribution in [-0.2, 0) is 0 Å². The number of ether oxygens (including phenoxy) is 3. The molecule has 0 aromatic heterocycles. The third-order valence-corrected chi connectivity index (χ3v) is 4.79. The van der Waals surface area contributed by atoms with Gasteiger partial charge in [-0.2, -0.15) is 0 Å². The SMILES string of the molecule is COc1cc(O)cc2c1C(=O)C(c1cc(O)c3c(c1)C=CC(C)(C)O3)CO2. The number of hydrogen-bond acceptors (Lipinski definition) is 6. The standard InChI is InChI=1S/C21H20O6/c1-21(2)5-4-11-6-12(7-15(23)20(11)27-21)14-10-26-17-9-13(22)8-16(25-3)18(17)19(14)24/h4-9,14,22-23H,10H2,1-3H3. The molecular weight excluding hydrogens is 348 g/mol. The van der Waals surface area contributed by atoms with Crippen molar-refractivity contribution in [1.82, 2.24) is 0 Å². The molecule has 0 saturated carbocycles. The molecule has 0 saturated heterocycles. The molecule has 6 heteroatoms. The fourth-order valence-electron chi connectivity index (χ4n) is 3.45. The van der Waals surface area contributed by atoms with Crippen molar-refractivity contribution in [3.05, 3.63) is 47.0 Å². The third kappa shape index (κ3) is 2.87. The van der Waals surface area contributed by atoms with Gasteiger partial charge in [0.15, 0.2) is 17.3 Å². The fraction of sp³-hybridized carbons (Fsp3) is 0.286. The number of aromatic hydroxyl groups is 2. The van der Waals surface area contributed by atoms with Crippen molar-refractivity contribution < 1.29 is 29.2 Å². The van der Waals surface area contributed by atoms with Crippen molar-refractivity contribution in [1.29, 1.82) is 0 Å². The van der Waals surface area contributed by atoms with Gasteiger partial charge in [-0.15, -0.1) is 0 Å². The van der Waals surface area contributed by atoms with Gasteiger partial charge in [-0.1, -0.05) is 6.08 Å². The first-order chi connectivity index (χ1) is 12.8. The Morgan fingerprint density at radius 3 is 2.70 bits per heavy atom. The molecule has 2 aliphatic rings.